The van der Waals surface area contributed by atoms with Crippen LogP contribution in [0.3, 0.4) is 0 Å². The third kappa shape index (κ3) is 1.32. The Labute approximate surface area is 89.3 Å². The number of rotatable bonds is 0. The molecule has 1 nitrogen and oxygen atoms in total. The van der Waals surface area contributed by atoms with Crippen molar-refractivity contribution in [1.82, 2.24) is 4.57 Å². The normalized spacial score (nSPS) is 19.1. The van der Waals surface area contributed by atoms with Gasteiger partial charge in [0.05, 0.1) is 5.52 Å². The molecule has 0 amide bonds. The van der Waals surface area contributed by atoms with E-state index in [0.717, 1.165) is 0 Å². The first-order valence-electron chi connectivity index (χ1n) is 5.31. The number of allylic oxidation sites excluding steroid dienone is 2. The number of aromatic nitrogens is 1. The van der Waals surface area contributed by atoms with Crippen molar-refractivity contribution in [3.05, 3.63) is 48.2 Å². The van der Waals surface area contributed by atoms with Crippen molar-refractivity contribution in [2.24, 2.45) is 5.92 Å². The summed E-state index contributed by atoms with van der Waals surface area (Å²) in [5.74, 6) is 0.517. The smallest absolute Gasteiger partial charge is 0.0528 e. The predicted molar refractivity (Wildman–Crippen MR) is 65.5 cm³/mol. The van der Waals surface area contributed by atoms with Gasteiger partial charge in [0.15, 0.2) is 0 Å². The van der Waals surface area contributed by atoms with Crippen molar-refractivity contribution in [1.29, 1.82) is 0 Å². The van der Waals surface area contributed by atoms with Gasteiger partial charge in [0, 0.05) is 17.3 Å². The van der Waals surface area contributed by atoms with Crippen LogP contribution in [0.2, 0.25) is 0 Å². The van der Waals surface area contributed by atoms with Gasteiger partial charge in [-0.2, -0.15) is 0 Å². The Morgan fingerprint density at radius 2 is 2.00 bits per heavy atom. The summed E-state index contributed by atoms with van der Waals surface area (Å²) in [6, 6.07) is 10.7. The van der Waals surface area contributed by atoms with Crippen LogP contribution in [0.5, 0.6) is 0 Å². The van der Waals surface area contributed by atoms with Crippen LogP contribution in [-0.4, -0.2) is 4.57 Å². The Kier molecular flexibility index (Phi) is 1.78. The van der Waals surface area contributed by atoms with E-state index in [-0.39, 0.29) is 0 Å². The van der Waals surface area contributed by atoms with Crippen molar-refractivity contribution in [2.75, 3.05) is 0 Å². The van der Waals surface area contributed by atoms with Crippen LogP contribution in [-0.2, 0) is 0 Å². The molecule has 15 heavy (non-hydrogen) atoms. The Hall–Kier alpha value is -1.76. The minimum atomic E-state index is 0.517. The molecule has 0 bridgehead atoms. The molecule has 2 heterocycles. The van der Waals surface area contributed by atoms with Crippen molar-refractivity contribution < 1.29 is 0 Å². The zero-order chi connectivity index (χ0) is 10.3. The van der Waals surface area contributed by atoms with E-state index in [0.29, 0.717) is 5.92 Å². The van der Waals surface area contributed by atoms with Gasteiger partial charge in [-0.15, -0.1) is 0 Å². The fourth-order valence-corrected chi connectivity index (χ4v) is 2.03. The van der Waals surface area contributed by atoms with Gasteiger partial charge in [-0.25, -0.2) is 0 Å². The third-order valence-corrected chi connectivity index (χ3v) is 2.89. The highest BCUT2D eigenvalue weighted by molar-refractivity contribution is 5.86. The van der Waals surface area contributed by atoms with Crippen molar-refractivity contribution >= 4 is 23.2 Å². The summed E-state index contributed by atoms with van der Waals surface area (Å²) in [6.45, 7) is 2.20. The maximum Gasteiger partial charge on any atom is 0.0528 e. The maximum absolute atomic E-state index is 2.25. The van der Waals surface area contributed by atoms with Crippen molar-refractivity contribution in [2.45, 2.75) is 6.92 Å². The summed E-state index contributed by atoms with van der Waals surface area (Å²) < 4.78 is 2.25. The standard InChI is InChI=1S/C14H13N/c1-11-6-7-13-10-12-4-2-3-5-14(12)15(13)9-8-11/h2-11H,1H3. The Balaban J connectivity index is 2.33. The summed E-state index contributed by atoms with van der Waals surface area (Å²) in [7, 11) is 0. The van der Waals surface area contributed by atoms with Gasteiger partial charge in [-0.3, -0.25) is 0 Å². The Morgan fingerprint density at radius 3 is 2.93 bits per heavy atom. The number of hydrogen-bond acceptors (Lipinski definition) is 0. The number of nitrogens with zero attached hydrogens (tertiary/aromatic N) is 1. The van der Waals surface area contributed by atoms with Gasteiger partial charge in [0.25, 0.3) is 0 Å². The van der Waals surface area contributed by atoms with Crippen LogP contribution < -0.4 is 0 Å². The molecule has 0 aliphatic carbocycles. The molecule has 74 valence electrons. The Morgan fingerprint density at radius 1 is 1.13 bits per heavy atom. The first-order valence-corrected chi connectivity index (χ1v) is 5.31. The van der Waals surface area contributed by atoms with Crippen LogP contribution in [0.4, 0.5) is 0 Å². The van der Waals surface area contributed by atoms with Crippen LogP contribution in [0, 0.1) is 5.92 Å². The van der Waals surface area contributed by atoms with Crippen molar-refractivity contribution in [3.8, 4) is 0 Å². The van der Waals surface area contributed by atoms with E-state index in [1.54, 1.807) is 0 Å². The highest BCUT2D eigenvalue weighted by atomic mass is 15.0. The molecule has 1 unspecified atom stereocenters. The molecule has 0 radical (unpaired) electrons. The van der Waals surface area contributed by atoms with E-state index in [1.165, 1.54) is 16.6 Å². The fraction of sp³-hybridized carbons (Fsp3) is 0.143. The van der Waals surface area contributed by atoms with Gasteiger partial charge in [-0.05, 0) is 24.1 Å². The monoisotopic (exact) mass is 195 g/mol. The highest BCUT2D eigenvalue weighted by Gasteiger charge is 2.06. The first kappa shape index (κ1) is 8.54. The molecular weight excluding hydrogens is 182 g/mol. The van der Waals surface area contributed by atoms with Crippen LogP contribution in [0.25, 0.3) is 23.2 Å². The van der Waals surface area contributed by atoms with Gasteiger partial charge in [-0.1, -0.05) is 37.3 Å². The van der Waals surface area contributed by atoms with Crippen LogP contribution in [0.15, 0.2) is 42.5 Å². The molecule has 3 rings (SSSR count). The molecule has 1 aliphatic heterocycles. The van der Waals surface area contributed by atoms with Gasteiger partial charge >= 0.3 is 0 Å². The first-order chi connectivity index (χ1) is 7.34. The van der Waals surface area contributed by atoms with E-state index >= 15 is 0 Å². The van der Waals surface area contributed by atoms with Crippen molar-refractivity contribution in [3.63, 3.8) is 0 Å². The molecule has 2 aromatic rings. The second-order valence-corrected chi connectivity index (χ2v) is 4.06. The third-order valence-electron chi connectivity index (χ3n) is 2.89. The molecule has 1 aromatic carbocycles. The van der Waals surface area contributed by atoms with E-state index in [2.05, 4.69) is 66.3 Å². The molecule has 0 saturated carbocycles. The highest BCUT2D eigenvalue weighted by Crippen LogP contribution is 2.23. The van der Waals surface area contributed by atoms with E-state index in [1.807, 2.05) is 0 Å². The quantitative estimate of drug-likeness (QED) is 0.603. The summed E-state index contributed by atoms with van der Waals surface area (Å²) in [5, 5.41) is 1.30. The molecule has 1 atom stereocenters. The fourth-order valence-electron chi connectivity index (χ4n) is 2.03. The van der Waals surface area contributed by atoms with E-state index < -0.39 is 0 Å². The van der Waals surface area contributed by atoms with E-state index in [4.69, 9.17) is 0 Å². The number of para-hydroxylation sites is 1. The summed E-state index contributed by atoms with van der Waals surface area (Å²) >= 11 is 0. The summed E-state index contributed by atoms with van der Waals surface area (Å²) in [5.41, 5.74) is 2.54. The maximum atomic E-state index is 2.25. The SMILES string of the molecule is CC1C=Cc2cc3ccccc3n2C=C1. The van der Waals surface area contributed by atoms with Crippen LogP contribution >= 0.6 is 0 Å². The van der Waals surface area contributed by atoms with Gasteiger partial charge in [0.2, 0.25) is 0 Å². The lowest BCUT2D eigenvalue weighted by atomic mass is 10.1. The summed E-state index contributed by atoms with van der Waals surface area (Å²) in [4.78, 5) is 0. The van der Waals surface area contributed by atoms with Gasteiger partial charge < -0.3 is 4.57 Å². The Bertz CT molecular complexity index is 558. The number of fused-ring (bicyclic) bond motifs is 3. The minimum absolute atomic E-state index is 0.517. The summed E-state index contributed by atoms with van der Waals surface area (Å²) in [6.07, 6.45) is 8.82. The number of benzene rings is 1. The molecule has 0 spiro atoms. The molecule has 0 fully saturated rings. The lowest BCUT2D eigenvalue weighted by Crippen LogP contribution is -1.87. The predicted octanol–water partition coefficient (Wildman–Crippen LogP) is 3.77. The molecule has 0 saturated heterocycles. The average Bonchev–Trinajstić information content (AvgIpc) is 2.51. The second-order valence-electron chi connectivity index (χ2n) is 4.06. The molecule has 1 heteroatoms. The number of hydrogen-bond donors (Lipinski definition) is 0. The lowest BCUT2D eigenvalue weighted by molar-refractivity contribution is 0.951. The molecule has 0 N–H and O–H groups in total. The van der Waals surface area contributed by atoms with E-state index in [9.17, 15) is 0 Å². The minimum Gasteiger partial charge on any atom is -0.317 e. The largest absolute Gasteiger partial charge is 0.317 e. The molecular formula is C14H13N. The second kappa shape index (κ2) is 3.13. The van der Waals surface area contributed by atoms with Gasteiger partial charge in [0.1, 0.15) is 0 Å². The topological polar surface area (TPSA) is 4.93 Å². The zero-order valence-electron chi connectivity index (χ0n) is 8.72. The average molecular weight is 195 g/mol. The lowest BCUT2D eigenvalue weighted by Gasteiger charge is -1.99. The van der Waals surface area contributed by atoms with Crippen LogP contribution in [0.1, 0.15) is 12.6 Å². The zero-order valence-corrected chi connectivity index (χ0v) is 8.72. The molecule has 1 aliphatic rings. The molecule has 1 aromatic heterocycles.